The Morgan fingerprint density at radius 2 is 2.14 bits per heavy atom. The average Bonchev–Trinajstić information content (AvgIpc) is 2.84. The fourth-order valence-electron chi connectivity index (χ4n) is 2.45. The minimum absolute atomic E-state index is 0.231. The molecule has 3 rings (SSSR count). The molecule has 0 aliphatic carbocycles. The van der Waals surface area contributed by atoms with Crippen LogP contribution in [0.3, 0.4) is 0 Å². The van der Waals surface area contributed by atoms with E-state index < -0.39 is 5.97 Å². The van der Waals surface area contributed by atoms with E-state index in [0.29, 0.717) is 26.6 Å². The summed E-state index contributed by atoms with van der Waals surface area (Å²) in [6, 6.07) is 12.4. The molecule has 0 bridgehead atoms. The van der Waals surface area contributed by atoms with Crippen LogP contribution >= 0.6 is 15.9 Å². The SMILES string of the molecule is Cc1nn(-c2ccc(C#N)c(Br)c2)c2cccc(C(=O)O)c12. The zero-order valence-electron chi connectivity index (χ0n) is 11.5. The van der Waals surface area contributed by atoms with Crippen molar-refractivity contribution < 1.29 is 9.90 Å². The van der Waals surface area contributed by atoms with Gasteiger partial charge in [-0.05, 0) is 53.2 Å². The highest BCUT2D eigenvalue weighted by Gasteiger charge is 2.16. The molecule has 0 unspecified atom stereocenters. The Balaban J connectivity index is 2.29. The Morgan fingerprint density at radius 1 is 1.36 bits per heavy atom. The number of halogens is 1. The lowest BCUT2D eigenvalue weighted by Crippen LogP contribution is -1.99. The van der Waals surface area contributed by atoms with Crippen molar-refractivity contribution in [2.45, 2.75) is 6.92 Å². The minimum Gasteiger partial charge on any atom is -0.478 e. The molecule has 2 aromatic carbocycles. The van der Waals surface area contributed by atoms with Crippen molar-refractivity contribution in [3.05, 3.63) is 57.7 Å². The fourth-order valence-corrected chi connectivity index (χ4v) is 2.91. The number of carboxylic acid groups (broad SMARTS) is 1. The number of fused-ring (bicyclic) bond motifs is 1. The van der Waals surface area contributed by atoms with Gasteiger partial charge >= 0.3 is 5.97 Å². The van der Waals surface area contributed by atoms with Gasteiger partial charge in [0.1, 0.15) is 6.07 Å². The first kappa shape index (κ1) is 14.3. The summed E-state index contributed by atoms with van der Waals surface area (Å²) in [6.45, 7) is 1.78. The summed E-state index contributed by atoms with van der Waals surface area (Å²) in [5.41, 5.74) is 2.88. The van der Waals surface area contributed by atoms with Gasteiger partial charge in [0, 0.05) is 9.86 Å². The zero-order chi connectivity index (χ0) is 15.9. The van der Waals surface area contributed by atoms with E-state index in [0.717, 1.165) is 5.69 Å². The first-order valence-corrected chi connectivity index (χ1v) is 7.24. The molecular formula is C16H10BrN3O2. The van der Waals surface area contributed by atoms with Crippen molar-refractivity contribution in [3.8, 4) is 11.8 Å². The first-order valence-electron chi connectivity index (χ1n) is 6.44. The molecule has 0 fully saturated rings. The van der Waals surface area contributed by atoms with Crippen LogP contribution in [0.2, 0.25) is 0 Å². The van der Waals surface area contributed by atoms with Crippen LogP contribution in [0.25, 0.3) is 16.6 Å². The standard InChI is InChI=1S/C16H10BrN3O2/c1-9-15-12(16(21)22)3-2-4-14(15)20(19-9)11-6-5-10(8-18)13(17)7-11/h2-7H,1H3,(H,21,22). The number of carbonyl (C=O) groups is 1. The van der Waals surface area contributed by atoms with Crippen molar-refractivity contribution in [2.75, 3.05) is 0 Å². The Bertz CT molecular complexity index is 954. The monoisotopic (exact) mass is 355 g/mol. The molecule has 108 valence electrons. The van der Waals surface area contributed by atoms with Crippen LogP contribution in [-0.2, 0) is 0 Å². The molecule has 1 heterocycles. The average molecular weight is 356 g/mol. The predicted octanol–water partition coefficient (Wildman–Crippen LogP) is 3.67. The molecule has 0 aliphatic heterocycles. The molecule has 3 aromatic rings. The van der Waals surface area contributed by atoms with Crippen LogP contribution in [0.4, 0.5) is 0 Å². The van der Waals surface area contributed by atoms with Gasteiger partial charge in [-0.25, -0.2) is 9.48 Å². The molecule has 22 heavy (non-hydrogen) atoms. The predicted molar refractivity (Wildman–Crippen MR) is 85.2 cm³/mol. The highest BCUT2D eigenvalue weighted by Crippen LogP contribution is 2.27. The fraction of sp³-hybridized carbons (Fsp3) is 0.0625. The van der Waals surface area contributed by atoms with E-state index in [1.165, 1.54) is 0 Å². The summed E-state index contributed by atoms with van der Waals surface area (Å²) in [6.07, 6.45) is 0. The minimum atomic E-state index is -0.978. The number of rotatable bonds is 2. The number of hydrogen-bond acceptors (Lipinski definition) is 3. The van der Waals surface area contributed by atoms with E-state index in [4.69, 9.17) is 5.26 Å². The van der Waals surface area contributed by atoms with Crippen molar-refractivity contribution in [1.29, 1.82) is 5.26 Å². The number of hydrogen-bond donors (Lipinski definition) is 1. The molecule has 1 aromatic heterocycles. The second-order valence-electron chi connectivity index (χ2n) is 4.78. The van der Waals surface area contributed by atoms with Gasteiger partial charge in [-0.2, -0.15) is 10.4 Å². The summed E-state index contributed by atoms with van der Waals surface area (Å²) in [5, 5.41) is 23.4. The molecule has 0 aliphatic rings. The van der Waals surface area contributed by atoms with Crippen LogP contribution in [0.5, 0.6) is 0 Å². The summed E-state index contributed by atoms with van der Waals surface area (Å²) in [7, 11) is 0. The quantitative estimate of drug-likeness (QED) is 0.760. The molecule has 0 amide bonds. The number of aryl methyl sites for hydroxylation is 1. The lowest BCUT2D eigenvalue weighted by atomic mass is 10.1. The number of nitriles is 1. The van der Waals surface area contributed by atoms with E-state index in [-0.39, 0.29) is 5.56 Å². The van der Waals surface area contributed by atoms with Gasteiger partial charge in [-0.1, -0.05) is 6.07 Å². The van der Waals surface area contributed by atoms with Crippen LogP contribution in [0.15, 0.2) is 40.9 Å². The molecule has 0 radical (unpaired) electrons. The van der Waals surface area contributed by atoms with Gasteiger partial charge in [0.15, 0.2) is 0 Å². The van der Waals surface area contributed by atoms with Gasteiger partial charge in [0.25, 0.3) is 0 Å². The van der Waals surface area contributed by atoms with Gasteiger partial charge in [-0.3, -0.25) is 0 Å². The van der Waals surface area contributed by atoms with Crippen molar-refractivity contribution in [2.24, 2.45) is 0 Å². The largest absolute Gasteiger partial charge is 0.478 e. The molecule has 1 N–H and O–H groups in total. The lowest BCUT2D eigenvalue weighted by Gasteiger charge is -2.05. The number of nitrogens with zero attached hydrogens (tertiary/aromatic N) is 3. The van der Waals surface area contributed by atoms with Crippen molar-refractivity contribution >= 4 is 32.8 Å². The normalized spacial score (nSPS) is 10.6. The highest BCUT2D eigenvalue weighted by atomic mass is 79.9. The third kappa shape index (κ3) is 2.16. The third-order valence-electron chi connectivity index (χ3n) is 3.43. The molecule has 0 saturated carbocycles. The van der Waals surface area contributed by atoms with Crippen LogP contribution in [-0.4, -0.2) is 20.9 Å². The van der Waals surface area contributed by atoms with Crippen molar-refractivity contribution in [1.82, 2.24) is 9.78 Å². The van der Waals surface area contributed by atoms with Gasteiger partial charge in [0.2, 0.25) is 0 Å². The Labute approximate surface area is 134 Å². The summed E-state index contributed by atoms with van der Waals surface area (Å²) >= 11 is 3.36. The van der Waals surface area contributed by atoms with Crippen LogP contribution in [0, 0.1) is 18.3 Å². The zero-order valence-corrected chi connectivity index (χ0v) is 13.1. The maximum atomic E-state index is 11.4. The van der Waals surface area contributed by atoms with E-state index >= 15 is 0 Å². The van der Waals surface area contributed by atoms with Crippen molar-refractivity contribution in [3.63, 3.8) is 0 Å². The Hall–Kier alpha value is -2.65. The van der Waals surface area contributed by atoms with E-state index in [2.05, 4.69) is 27.1 Å². The summed E-state index contributed by atoms with van der Waals surface area (Å²) < 4.78 is 2.35. The van der Waals surface area contributed by atoms with Gasteiger partial charge in [0.05, 0.1) is 28.0 Å². The van der Waals surface area contributed by atoms with Gasteiger partial charge in [-0.15, -0.1) is 0 Å². The summed E-state index contributed by atoms with van der Waals surface area (Å²) in [4.78, 5) is 11.4. The van der Waals surface area contributed by atoms with E-state index in [9.17, 15) is 9.90 Å². The molecule has 0 spiro atoms. The molecular weight excluding hydrogens is 346 g/mol. The van der Waals surface area contributed by atoms with Gasteiger partial charge < -0.3 is 5.11 Å². The highest BCUT2D eigenvalue weighted by molar-refractivity contribution is 9.10. The molecule has 5 nitrogen and oxygen atoms in total. The molecule has 0 atom stereocenters. The Morgan fingerprint density at radius 3 is 2.77 bits per heavy atom. The second kappa shape index (κ2) is 5.28. The molecule has 0 saturated heterocycles. The van der Waals surface area contributed by atoms with E-state index in [1.807, 2.05) is 6.07 Å². The maximum Gasteiger partial charge on any atom is 0.336 e. The number of aromatic nitrogens is 2. The van der Waals surface area contributed by atoms with E-state index in [1.54, 1.807) is 41.9 Å². The number of aromatic carboxylic acids is 1. The van der Waals surface area contributed by atoms with Crippen LogP contribution < -0.4 is 0 Å². The number of benzene rings is 2. The van der Waals surface area contributed by atoms with Crippen LogP contribution in [0.1, 0.15) is 21.6 Å². The molecule has 6 heteroatoms. The first-order chi connectivity index (χ1) is 10.5. The Kier molecular flexibility index (Phi) is 3.43. The third-order valence-corrected chi connectivity index (χ3v) is 4.09. The summed E-state index contributed by atoms with van der Waals surface area (Å²) in [5.74, 6) is -0.978. The maximum absolute atomic E-state index is 11.4. The number of carboxylic acids is 1. The topological polar surface area (TPSA) is 78.9 Å². The second-order valence-corrected chi connectivity index (χ2v) is 5.63. The lowest BCUT2D eigenvalue weighted by molar-refractivity contribution is 0.0699. The smallest absolute Gasteiger partial charge is 0.336 e.